The average Bonchev–Trinajstić information content (AvgIpc) is 2.24. The second-order valence-electron chi connectivity index (χ2n) is 3.42. The van der Waals surface area contributed by atoms with Crippen LogP contribution in [0.4, 0.5) is 0 Å². The Morgan fingerprint density at radius 1 is 1.31 bits per heavy atom. The van der Waals surface area contributed by atoms with Gasteiger partial charge in [0.1, 0.15) is 5.75 Å². The number of phenols is 1. The number of hydrogen-bond donors (Lipinski definition) is 3. The first-order chi connectivity index (χ1) is 7.40. The van der Waals surface area contributed by atoms with Gasteiger partial charge in [0.25, 0.3) is 0 Å². The molecule has 0 aliphatic heterocycles. The molecular weight excluding hydrogens is 406 g/mol. The Morgan fingerprint density at radius 2 is 1.88 bits per heavy atom. The summed E-state index contributed by atoms with van der Waals surface area (Å²) in [5.74, 6) is 0.0805. The van der Waals surface area contributed by atoms with Crippen molar-refractivity contribution in [2.24, 2.45) is 5.73 Å². The number of nitrogens with two attached hydrogens (primary N) is 1. The molecule has 16 heavy (non-hydrogen) atoms. The Morgan fingerprint density at radius 3 is 2.38 bits per heavy atom. The Labute approximate surface area is 119 Å². The highest BCUT2D eigenvalue weighted by molar-refractivity contribution is 9.11. The first-order valence-corrected chi connectivity index (χ1v) is 7.08. The molecule has 0 radical (unpaired) electrons. The lowest BCUT2D eigenvalue weighted by Gasteiger charge is -2.21. The molecule has 0 spiro atoms. The van der Waals surface area contributed by atoms with E-state index in [1.807, 2.05) is 6.92 Å². The molecule has 0 fully saturated rings. The molecule has 90 valence electrons. The maximum absolute atomic E-state index is 9.76. The van der Waals surface area contributed by atoms with Crippen molar-refractivity contribution in [3.8, 4) is 5.75 Å². The molecule has 1 rings (SSSR count). The first kappa shape index (κ1) is 14.4. The summed E-state index contributed by atoms with van der Waals surface area (Å²) in [5.41, 5.74) is 6.60. The van der Waals surface area contributed by atoms with Crippen molar-refractivity contribution in [2.45, 2.75) is 25.5 Å². The minimum absolute atomic E-state index is 0.0805. The highest BCUT2D eigenvalue weighted by atomic mass is 79.9. The van der Waals surface area contributed by atoms with Crippen LogP contribution in [0.25, 0.3) is 0 Å². The van der Waals surface area contributed by atoms with E-state index in [0.29, 0.717) is 20.9 Å². The van der Waals surface area contributed by atoms with Crippen LogP contribution in [0.3, 0.4) is 0 Å². The molecule has 0 saturated heterocycles. The molecule has 1 aromatic carbocycles. The van der Waals surface area contributed by atoms with Crippen molar-refractivity contribution < 1.29 is 10.2 Å². The van der Waals surface area contributed by atoms with Crippen LogP contribution in [0.2, 0.25) is 0 Å². The van der Waals surface area contributed by atoms with Gasteiger partial charge in [-0.25, -0.2) is 0 Å². The molecule has 0 amide bonds. The molecule has 0 aliphatic rings. The second kappa shape index (κ2) is 5.82. The van der Waals surface area contributed by atoms with Gasteiger partial charge in [-0.2, -0.15) is 0 Å². The lowest BCUT2D eigenvalue weighted by molar-refractivity contribution is 0.140. The van der Waals surface area contributed by atoms with Gasteiger partial charge in [0.15, 0.2) is 0 Å². The van der Waals surface area contributed by atoms with Gasteiger partial charge in [-0.05, 0) is 44.3 Å². The van der Waals surface area contributed by atoms with Crippen molar-refractivity contribution in [1.29, 1.82) is 0 Å². The van der Waals surface area contributed by atoms with E-state index in [2.05, 4.69) is 47.8 Å². The molecule has 2 atom stereocenters. The number of benzene rings is 1. The Bertz CT molecular complexity index is 398. The monoisotopic (exact) mass is 415 g/mol. The summed E-state index contributed by atoms with van der Waals surface area (Å²) in [7, 11) is 0. The SMILES string of the molecule is CC[C@H](O)[C@H](N)c1c(Br)cc(Br)c(O)c1Br. The van der Waals surface area contributed by atoms with Crippen LogP contribution in [0.1, 0.15) is 24.9 Å². The molecule has 0 heterocycles. The van der Waals surface area contributed by atoms with Gasteiger partial charge in [0.2, 0.25) is 0 Å². The standard InChI is InChI=1S/C10H12Br3NO2/c1-2-6(15)9(14)7-4(11)3-5(12)10(16)8(7)13/h3,6,9,15-16H,2,14H2,1H3/t6-,9-/m0/s1. The highest BCUT2D eigenvalue weighted by Gasteiger charge is 2.23. The van der Waals surface area contributed by atoms with Crippen LogP contribution < -0.4 is 5.73 Å². The number of phenolic OH excluding ortho intramolecular Hbond substituents is 1. The summed E-state index contributed by atoms with van der Waals surface area (Å²) < 4.78 is 1.80. The van der Waals surface area contributed by atoms with Crippen LogP contribution >= 0.6 is 47.8 Å². The van der Waals surface area contributed by atoms with Gasteiger partial charge in [0.05, 0.1) is 21.1 Å². The molecule has 4 N–H and O–H groups in total. The molecule has 6 heteroatoms. The quantitative estimate of drug-likeness (QED) is 0.705. The zero-order chi connectivity index (χ0) is 12.5. The number of aromatic hydroxyl groups is 1. The van der Waals surface area contributed by atoms with E-state index in [1.165, 1.54) is 0 Å². The minimum atomic E-state index is -0.645. The van der Waals surface area contributed by atoms with Crippen LogP contribution in [-0.2, 0) is 0 Å². The third-order valence-electron chi connectivity index (χ3n) is 2.35. The average molecular weight is 418 g/mol. The topological polar surface area (TPSA) is 66.5 Å². The summed E-state index contributed by atoms with van der Waals surface area (Å²) in [6, 6.07) is 1.16. The van der Waals surface area contributed by atoms with E-state index in [0.717, 1.165) is 4.47 Å². The summed E-state index contributed by atoms with van der Waals surface area (Å²) in [6.07, 6.45) is -0.0928. The molecule has 0 saturated carbocycles. The van der Waals surface area contributed by atoms with Gasteiger partial charge < -0.3 is 15.9 Å². The van der Waals surface area contributed by atoms with Gasteiger partial charge in [-0.3, -0.25) is 0 Å². The molecule has 0 aliphatic carbocycles. The first-order valence-electron chi connectivity index (χ1n) is 4.70. The fraction of sp³-hybridized carbons (Fsp3) is 0.400. The van der Waals surface area contributed by atoms with Crippen LogP contribution in [-0.4, -0.2) is 16.3 Å². The maximum Gasteiger partial charge on any atom is 0.144 e. The van der Waals surface area contributed by atoms with E-state index in [4.69, 9.17) is 5.73 Å². The predicted octanol–water partition coefficient (Wildman–Crippen LogP) is 3.45. The number of aliphatic hydroxyl groups excluding tert-OH is 1. The maximum atomic E-state index is 9.76. The predicted molar refractivity (Wildman–Crippen MR) is 74.4 cm³/mol. The largest absolute Gasteiger partial charge is 0.506 e. The third-order valence-corrected chi connectivity index (χ3v) is 4.41. The number of halogens is 3. The molecular formula is C10H12Br3NO2. The van der Waals surface area contributed by atoms with Crippen LogP contribution in [0, 0.1) is 0 Å². The molecule has 0 unspecified atom stereocenters. The van der Waals surface area contributed by atoms with Crippen molar-refractivity contribution in [2.75, 3.05) is 0 Å². The van der Waals surface area contributed by atoms with Crippen LogP contribution in [0.15, 0.2) is 19.5 Å². The van der Waals surface area contributed by atoms with Crippen molar-refractivity contribution in [3.05, 3.63) is 25.0 Å². The lowest BCUT2D eigenvalue weighted by Crippen LogP contribution is -2.26. The van der Waals surface area contributed by atoms with Gasteiger partial charge in [-0.15, -0.1) is 0 Å². The third kappa shape index (κ3) is 2.79. The highest BCUT2D eigenvalue weighted by Crippen LogP contribution is 2.42. The van der Waals surface area contributed by atoms with E-state index < -0.39 is 12.1 Å². The smallest absolute Gasteiger partial charge is 0.144 e. The van der Waals surface area contributed by atoms with E-state index in [-0.39, 0.29) is 5.75 Å². The zero-order valence-corrected chi connectivity index (χ0v) is 13.3. The Balaban J connectivity index is 3.28. The van der Waals surface area contributed by atoms with E-state index in [1.54, 1.807) is 6.07 Å². The summed E-state index contributed by atoms with van der Waals surface area (Å²) in [4.78, 5) is 0. The number of aliphatic hydroxyl groups is 1. The molecule has 3 nitrogen and oxygen atoms in total. The number of rotatable bonds is 3. The fourth-order valence-corrected chi connectivity index (χ4v) is 4.00. The van der Waals surface area contributed by atoms with Gasteiger partial charge >= 0.3 is 0 Å². The lowest BCUT2D eigenvalue weighted by atomic mass is 10.0. The van der Waals surface area contributed by atoms with E-state index in [9.17, 15) is 10.2 Å². The Kier molecular flexibility index (Phi) is 5.25. The van der Waals surface area contributed by atoms with Crippen LogP contribution in [0.5, 0.6) is 5.75 Å². The summed E-state index contributed by atoms with van der Waals surface area (Å²) in [6.45, 7) is 1.85. The normalized spacial score (nSPS) is 14.9. The Hall–Kier alpha value is 0.380. The number of hydrogen-bond acceptors (Lipinski definition) is 3. The summed E-state index contributed by atoms with van der Waals surface area (Å²) in [5, 5.41) is 19.5. The van der Waals surface area contributed by atoms with Crippen molar-refractivity contribution in [1.82, 2.24) is 0 Å². The summed E-state index contributed by atoms with van der Waals surface area (Å²) >= 11 is 9.87. The minimum Gasteiger partial charge on any atom is -0.506 e. The van der Waals surface area contributed by atoms with Gasteiger partial charge in [-0.1, -0.05) is 22.9 Å². The van der Waals surface area contributed by atoms with Crippen molar-refractivity contribution >= 4 is 47.8 Å². The second-order valence-corrected chi connectivity index (χ2v) is 5.92. The molecule has 0 aromatic heterocycles. The molecule has 1 aromatic rings. The van der Waals surface area contributed by atoms with Crippen molar-refractivity contribution in [3.63, 3.8) is 0 Å². The van der Waals surface area contributed by atoms with Gasteiger partial charge in [0, 0.05) is 10.0 Å². The molecule has 0 bridgehead atoms. The van der Waals surface area contributed by atoms with E-state index >= 15 is 0 Å². The fourth-order valence-electron chi connectivity index (χ4n) is 1.35. The zero-order valence-electron chi connectivity index (χ0n) is 8.54.